The zero-order chi connectivity index (χ0) is 17.1. The van der Waals surface area contributed by atoms with E-state index in [4.69, 9.17) is 4.99 Å². The van der Waals surface area contributed by atoms with Crippen LogP contribution in [0.4, 0.5) is 5.69 Å². The van der Waals surface area contributed by atoms with Crippen LogP contribution in [0.5, 0.6) is 0 Å². The Bertz CT molecular complexity index is 767. The third kappa shape index (κ3) is 3.54. The lowest BCUT2D eigenvalue weighted by atomic mass is 10.1. The highest BCUT2D eigenvalue weighted by molar-refractivity contribution is 8.14. The van der Waals surface area contributed by atoms with Crippen molar-refractivity contribution in [3.05, 3.63) is 65.2 Å². The molecule has 3 nitrogen and oxygen atoms in total. The Hall–Kier alpha value is -2.07. The minimum Gasteiger partial charge on any atom is -0.283 e. The Kier molecular flexibility index (Phi) is 5.05. The van der Waals surface area contributed by atoms with Gasteiger partial charge in [-0.1, -0.05) is 48.5 Å². The zero-order valence-corrected chi connectivity index (χ0v) is 15.1. The van der Waals surface area contributed by atoms with E-state index in [2.05, 4.69) is 19.9 Å². The molecule has 0 spiro atoms. The molecular formula is C20H22N2OS. The topological polar surface area (TPSA) is 32.7 Å². The number of carbonyl (C=O) groups excluding carboxylic acids is 1. The van der Waals surface area contributed by atoms with Crippen LogP contribution in [0.15, 0.2) is 53.5 Å². The highest BCUT2D eigenvalue weighted by Gasteiger charge is 2.34. The maximum atomic E-state index is 13.0. The summed E-state index contributed by atoms with van der Waals surface area (Å²) >= 11 is 1.67. The molecular weight excluding hydrogens is 316 g/mol. The van der Waals surface area contributed by atoms with E-state index >= 15 is 0 Å². The molecule has 124 valence electrons. The van der Waals surface area contributed by atoms with Gasteiger partial charge >= 0.3 is 0 Å². The number of hydrogen-bond acceptors (Lipinski definition) is 3. The standard InChI is InChI=1S/C20H22N2OS/c1-4-18-13-24-20(21-17-7-5-6-15(3)12-17)22(18)19(23)16-10-8-14(2)9-11-16/h5-12,18H,4,13H2,1-3H3/t18-/m0/s1. The smallest absolute Gasteiger partial charge is 0.260 e. The van der Waals surface area contributed by atoms with Crippen molar-refractivity contribution < 1.29 is 4.79 Å². The summed E-state index contributed by atoms with van der Waals surface area (Å²) in [5.41, 5.74) is 3.95. The molecule has 0 bridgehead atoms. The second-order valence-corrected chi connectivity index (χ2v) is 7.13. The van der Waals surface area contributed by atoms with Crippen molar-refractivity contribution >= 4 is 28.5 Å². The molecule has 24 heavy (non-hydrogen) atoms. The van der Waals surface area contributed by atoms with Gasteiger partial charge in [0.1, 0.15) is 0 Å². The quantitative estimate of drug-likeness (QED) is 0.792. The maximum absolute atomic E-state index is 13.0. The molecule has 1 atom stereocenters. The Morgan fingerprint density at radius 3 is 2.58 bits per heavy atom. The van der Waals surface area contributed by atoms with Gasteiger partial charge in [0.25, 0.3) is 5.91 Å². The Morgan fingerprint density at radius 1 is 1.17 bits per heavy atom. The van der Waals surface area contributed by atoms with Crippen LogP contribution >= 0.6 is 11.8 Å². The minimum absolute atomic E-state index is 0.0400. The number of benzene rings is 2. The predicted molar refractivity (Wildman–Crippen MR) is 102 cm³/mol. The maximum Gasteiger partial charge on any atom is 0.260 e. The SMILES string of the molecule is CC[C@H]1CSC(=Nc2cccc(C)c2)N1C(=O)c1ccc(C)cc1. The number of amides is 1. The monoisotopic (exact) mass is 338 g/mol. The molecule has 1 saturated heterocycles. The number of hydrogen-bond donors (Lipinski definition) is 0. The number of carbonyl (C=O) groups is 1. The largest absolute Gasteiger partial charge is 0.283 e. The Labute approximate surface area is 147 Å². The highest BCUT2D eigenvalue weighted by Crippen LogP contribution is 2.30. The number of nitrogens with zero attached hydrogens (tertiary/aromatic N) is 2. The van der Waals surface area contributed by atoms with Crippen LogP contribution in [0.3, 0.4) is 0 Å². The molecule has 0 radical (unpaired) electrons. The molecule has 1 heterocycles. The van der Waals surface area contributed by atoms with Gasteiger partial charge in [0, 0.05) is 17.4 Å². The van der Waals surface area contributed by atoms with Crippen LogP contribution in [0, 0.1) is 13.8 Å². The van der Waals surface area contributed by atoms with Gasteiger partial charge in [-0.15, -0.1) is 0 Å². The summed E-state index contributed by atoms with van der Waals surface area (Å²) in [6, 6.07) is 16.0. The van der Waals surface area contributed by atoms with E-state index < -0.39 is 0 Å². The van der Waals surface area contributed by atoms with Gasteiger partial charge in [-0.2, -0.15) is 0 Å². The summed E-state index contributed by atoms with van der Waals surface area (Å²) in [6.45, 7) is 6.20. The third-order valence-electron chi connectivity index (χ3n) is 4.19. The summed E-state index contributed by atoms with van der Waals surface area (Å²) in [4.78, 5) is 19.6. The molecule has 4 heteroatoms. The first-order chi connectivity index (χ1) is 11.6. The number of thioether (sulfide) groups is 1. The van der Waals surface area contributed by atoms with E-state index in [1.807, 2.05) is 54.3 Å². The van der Waals surface area contributed by atoms with Gasteiger partial charge in [0.05, 0.1) is 5.69 Å². The van der Waals surface area contributed by atoms with Crippen LogP contribution in [-0.2, 0) is 0 Å². The number of amidine groups is 1. The van der Waals surface area contributed by atoms with E-state index in [1.54, 1.807) is 11.8 Å². The van der Waals surface area contributed by atoms with Crippen molar-refractivity contribution in [2.24, 2.45) is 4.99 Å². The fourth-order valence-corrected chi connectivity index (χ4v) is 4.02. The second-order valence-electron chi connectivity index (χ2n) is 6.15. The second kappa shape index (κ2) is 7.22. The van der Waals surface area contributed by atoms with Crippen LogP contribution in [-0.4, -0.2) is 27.8 Å². The normalized spacial score (nSPS) is 19.0. The Balaban J connectivity index is 1.94. The average molecular weight is 338 g/mol. The van der Waals surface area contributed by atoms with E-state index in [0.29, 0.717) is 0 Å². The fraction of sp³-hybridized carbons (Fsp3) is 0.300. The fourth-order valence-electron chi connectivity index (χ4n) is 2.75. The lowest BCUT2D eigenvalue weighted by Gasteiger charge is -2.23. The molecule has 2 aromatic carbocycles. The number of aliphatic imine (C=N–C) groups is 1. The zero-order valence-electron chi connectivity index (χ0n) is 14.3. The molecule has 1 amide bonds. The van der Waals surface area contributed by atoms with Gasteiger partial charge in [-0.3, -0.25) is 9.69 Å². The summed E-state index contributed by atoms with van der Waals surface area (Å²) in [7, 11) is 0. The van der Waals surface area contributed by atoms with E-state index in [9.17, 15) is 4.79 Å². The van der Waals surface area contributed by atoms with Gasteiger partial charge in [-0.05, 0) is 50.1 Å². The molecule has 0 saturated carbocycles. The van der Waals surface area contributed by atoms with Crippen molar-refractivity contribution in [1.82, 2.24) is 4.90 Å². The van der Waals surface area contributed by atoms with Crippen LogP contribution in [0.1, 0.15) is 34.8 Å². The van der Waals surface area contributed by atoms with Crippen molar-refractivity contribution in [2.45, 2.75) is 33.2 Å². The summed E-state index contributed by atoms with van der Waals surface area (Å²) in [5.74, 6) is 0.942. The number of rotatable bonds is 3. The van der Waals surface area contributed by atoms with E-state index in [-0.39, 0.29) is 11.9 Å². The van der Waals surface area contributed by atoms with Crippen molar-refractivity contribution in [3.8, 4) is 0 Å². The van der Waals surface area contributed by atoms with Gasteiger partial charge in [0.15, 0.2) is 5.17 Å². The first-order valence-corrected chi connectivity index (χ1v) is 9.25. The summed E-state index contributed by atoms with van der Waals surface area (Å²) < 4.78 is 0. The third-order valence-corrected chi connectivity index (χ3v) is 5.29. The average Bonchev–Trinajstić information content (AvgIpc) is 2.97. The summed E-state index contributed by atoms with van der Waals surface area (Å²) in [5, 5.41) is 0.804. The lowest BCUT2D eigenvalue weighted by molar-refractivity contribution is 0.0819. The van der Waals surface area contributed by atoms with Gasteiger partial charge in [-0.25, -0.2) is 4.99 Å². The molecule has 0 unspecified atom stereocenters. The van der Waals surface area contributed by atoms with Gasteiger partial charge < -0.3 is 0 Å². The predicted octanol–water partition coefficient (Wildman–Crippen LogP) is 4.96. The molecule has 3 rings (SSSR count). The molecule has 1 aliphatic heterocycles. The first-order valence-electron chi connectivity index (χ1n) is 8.27. The Morgan fingerprint density at radius 2 is 1.92 bits per heavy atom. The molecule has 0 aliphatic carbocycles. The van der Waals surface area contributed by atoms with E-state index in [1.165, 1.54) is 5.56 Å². The van der Waals surface area contributed by atoms with Crippen LogP contribution in [0.25, 0.3) is 0 Å². The lowest BCUT2D eigenvalue weighted by Crippen LogP contribution is -2.39. The highest BCUT2D eigenvalue weighted by atomic mass is 32.2. The molecule has 1 aliphatic rings. The molecule has 1 fully saturated rings. The van der Waals surface area contributed by atoms with Crippen LogP contribution in [0.2, 0.25) is 0 Å². The van der Waals surface area contributed by atoms with Crippen molar-refractivity contribution in [2.75, 3.05) is 5.75 Å². The van der Waals surface area contributed by atoms with Crippen molar-refractivity contribution in [3.63, 3.8) is 0 Å². The number of aryl methyl sites for hydroxylation is 2. The van der Waals surface area contributed by atoms with E-state index in [0.717, 1.165) is 34.2 Å². The molecule has 2 aromatic rings. The molecule has 0 N–H and O–H groups in total. The van der Waals surface area contributed by atoms with Crippen molar-refractivity contribution in [1.29, 1.82) is 0 Å². The minimum atomic E-state index is 0.0400. The van der Waals surface area contributed by atoms with Gasteiger partial charge in [0.2, 0.25) is 0 Å². The molecule has 0 aromatic heterocycles. The van der Waals surface area contributed by atoms with Crippen LogP contribution < -0.4 is 0 Å². The summed E-state index contributed by atoms with van der Waals surface area (Å²) in [6.07, 6.45) is 0.928. The first kappa shape index (κ1) is 16.8.